The van der Waals surface area contributed by atoms with E-state index in [-0.39, 0.29) is 30.4 Å². The van der Waals surface area contributed by atoms with Crippen molar-refractivity contribution in [2.45, 2.75) is 63.2 Å². The molecule has 140 valence electrons. The van der Waals surface area contributed by atoms with Crippen molar-refractivity contribution < 1.29 is 9.53 Å². The number of carbonyl (C=O) groups is 1. The molecule has 0 spiro atoms. The summed E-state index contributed by atoms with van der Waals surface area (Å²) in [6, 6.07) is 8.81. The molecule has 5 nitrogen and oxygen atoms in total. The topological polar surface area (TPSA) is 67.6 Å². The maximum atomic E-state index is 12.4. The number of benzene rings is 1. The molecular weight excluding hydrogens is 338 g/mol. The number of nitrogens with two attached hydrogens (primary N) is 1. The van der Waals surface area contributed by atoms with Crippen molar-refractivity contribution in [2.24, 2.45) is 5.73 Å². The van der Waals surface area contributed by atoms with Crippen LogP contribution in [0.4, 0.5) is 0 Å². The number of halogens is 1. The Bertz CT molecular complexity index is 580. The van der Waals surface area contributed by atoms with Crippen molar-refractivity contribution >= 4 is 18.3 Å². The second kappa shape index (κ2) is 8.88. The second-order valence-electron chi connectivity index (χ2n) is 6.99. The fourth-order valence-electron chi connectivity index (χ4n) is 3.76. The molecule has 25 heavy (non-hydrogen) atoms. The Labute approximate surface area is 156 Å². The third-order valence-corrected chi connectivity index (χ3v) is 5.15. The molecule has 1 aromatic carbocycles. The van der Waals surface area contributed by atoms with Gasteiger partial charge in [-0.25, -0.2) is 0 Å². The zero-order valence-corrected chi connectivity index (χ0v) is 15.9. The van der Waals surface area contributed by atoms with Crippen molar-refractivity contribution in [3.05, 3.63) is 29.8 Å². The molecule has 1 aromatic rings. The third-order valence-electron chi connectivity index (χ3n) is 5.15. The first-order valence-corrected chi connectivity index (χ1v) is 9.09. The number of ether oxygens (including phenoxy) is 1. The van der Waals surface area contributed by atoms with Crippen LogP contribution < -0.4 is 15.8 Å². The number of likely N-dealkylation sites (tertiary alicyclic amines) is 1. The Balaban J connectivity index is 0.00000225. The number of nitrogens with zero attached hydrogens (tertiary/aromatic N) is 1. The summed E-state index contributed by atoms with van der Waals surface area (Å²) in [5.41, 5.74) is 7.21. The Kier molecular flexibility index (Phi) is 7.11. The van der Waals surface area contributed by atoms with Crippen LogP contribution in [0.2, 0.25) is 0 Å². The average molecular weight is 368 g/mol. The quantitative estimate of drug-likeness (QED) is 0.777. The first-order chi connectivity index (χ1) is 11.6. The van der Waals surface area contributed by atoms with Gasteiger partial charge in [0.2, 0.25) is 5.91 Å². The maximum absolute atomic E-state index is 12.4. The predicted octanol–water partition coefficient (Wildman–Crippen LogP) is 2.64. The number of hydrogen-bond donors (Lipinski definition) is 2. The third kappa shape index (κ3) is 4.66. The van der Waals surface area contributed by atoms with Gasteiger partial charge in [-0.3, -0.25) is 9.69 Å². The molecule has 2 fully saturated rings. The van der Waals surface area contributed by atoms with Gasteiger partial charge in [-0.1, -0.05) is 25.5 Å². The summed E-state index contributed by atoms with van der Waals surface area (Å²) >= 11 is 0. The van der Waals surface area contributed by atoms with Gasteiger partial charge in [-0.15, -0.1) is 12.4 Å². The van der Waals surface area contributed by atoms with Crippen molar-refractivity contribution in [3.63, 3.8) is 0 Å². The molecule has 0 aromatic heterocycles. The first kappa shape index (κ1) is 20.0. The summed E-state index contributed by atoms with van der Waals surface area (Å²) in [7, 11) is 1.69. The van der Waals surface area contributed by atoms with Gasteiger partial charge in [0, 0.05) is 18.6 Å². The van der Waals surface area contributed by atoms with E-state index in [9.17, 15) is 4.79 Å². The van der Waals surface area contributed by atoms with Gasteiger partial charge < -0.3 is 15.8 Å². The molecular formula is C19H30ClN3O2. The number of rotatable bonds is 7. The molecule has 1 amide bonds. The summed E-state index contributed by atoms with van der Waals surface area (Å²) in [4.78, 5) is 14.9. The highest BCUT2D eigenvalue weighted by molar-refractivity contribution is 5.85. The minimum absolute atomic E-state index is 0. The molecule has 3 rings (SSSR count). The van der Waals surface area contributed by atoms with Crippen LogP contribution in [0.3, 0.4) is 0 Å². The summed E-state index contributed by atoms with van der Waals surface area (Å²) in [6.07, 6.45) is 5.15. The molecule has 0 radical (unpaired) electrons. The fraction of sp³-hybridized carbons (Fsp3) is 0.632. The van der Waals surface area contributed by atoms with E-state index in [0.29, 0.717) is 6.04 Å². The molecule has 1 saturated carbocycles. The van der Waals surface area contributed by atoms with Gasteiger partial charge in [0.05, 0.1) is 19.2 Å². The zero-order valence-electron chi connectivity index (χ0n) is 15.1. The lowest BCUT2D eigenvalue weighted by Gasteiger charge is -2.30. The van der Waals surface area contributed by atoms with E-state index < -0.39 is 6.04 Å². The molecule has 6 heteroatoms. The lowest BCUT2D eigenvalue weighted by Crippen LogP contribution is -2.47. The SMILES string of the molecule is CCCC(N)C(=O)NC1CCN(C2CC2)C1c1cccc(OC)c1.Cl. The van der Waals surface area contributed by atoms with Gasteiger partial charge in [-0.05, 0) is 43.4 Å². The molecule has 1 aliphatic heterocycles. The Morgan fingerprint density at radius 1 is 1.40 bits per heavy atom. The van der Waals surface area contributed by atoms with E-state index in [1.54, 1.807) is 7.11 Å². The summed E-state index contributed by atoms with van der Waals surface area (Å²) in [5.74, 6) is 0.843. The number of methoxy groups -OCH3 is 1. The van der Waals surface area contributed by atoms with E-state index in [1.807, 2.05) is 12.1 Å². The minimum atomic E-state index is -0.407. The predicted molar refractivity (Wildman–Crippen MR) is 102 cm³/mol. The van der Waals surface area contributed by atoms with Crippen molar-refractivity contribution in [1.82, 2.24) is 10.2 Å². The van der Waals surface area contributed by atoms with Crippen LogP contribution in [0.25, 0.3) is 0 Å². The molecule has 1 aliphatic carbocycles. The van der Waals surface area contributed by atoms with Gasteiger partial charge in [0.1, 0.15) is 5.75 Å². The van der Waals surface area contributed by atoms with E-state index in [1.165, 1.54) is 18.4 Å². The van der Waals surface area contributed by atoms with Crippen molar-refractivity contribution in [1.29, 1.82) is 0 Å². The van der Waals surface area contributed by atoms with Crippen molar-refractivity contribution in [3.8, 4) is 5.75 Å². The summed E-state index contributed by atoms with van der Waals surface area (Å²) in [5, 5.41) is 3.22. The summed E-state index contributed by atoms with van der Waals surface area (Å²) < 4.78 is 5.39. The molecule has 1 heterocycles. The van der Waals surface area contributed by atoms with Crippen LogP contribution in [0.15, 0.2) is 24.3 Å². The molecule has 1 saturated heterocycles. The Morgan fingerprint density at radius 3 is 2.80 bits per heavy atom. The molecule has 3 atom stereocenters. The smallest absolute Gasteiger partial charge is 0.237 e. The largest absolute Gasteiger partial charge is 0.497 e. The Hall–Kier alpha value is -1.30. The van der Waals surface area contributed by atoms with Gasteiger partial charge >= 0.3 is 0 Å². The van der Waals surface area contributed by atoms with Crippen LogP contribution in [-0.2, 0) is 4.79 Å². The second-order valence-corrected chi connectivity index (χ2v) is 6.99. The van der Waals surface area contributed by atoms with E-state index in [2.05, 4.69) is 29.3 Å². The van der Waals surface area contributed by atoms with E-state index >= 15 is 0 Å². The number of amides is 1. The average Bonchev–Trinajstić information content (AvgIpc) is 3.36. The van der Waals surface area contributed by atoms with Gasteiger partial charge in [0.15, 0.2) is 0 Å². The molecule has 0 bridgehead atoms. The van der Waals surface area contributed by atoms with Gasteiger partial charge in [-0.2, -0.15) is 0 Å². The van der Waals surface area contributed by atoms with E-state index in [4.69, 9.17) is 10.5 Å². The molecule has 2 aliphatic rings. The molecule has 3 N–H and O–H groups in total. The number of hydrogen-bond acceptors (Lipinski definition) is 4. The number of carbonyl (C=O) groups excluding carboxylic acids is 1. The zero-order chi connectivity index (χ0) is 17.1. The van der Waals surface area contributed by atoms with Crippen molar-refractivity contribution in [2.75, 3.05) is 13.7 Å². The summed E-state index contributed by atoms with van der Waals surface area (Å²) in [6.45, 7) is 3.08. The minimum Gasteiger partial charge on any atom is -0.497 e. The van der Waals surface area contributed by atoms with Crippen LogP contribution in [0.1, 0.15) is 50.6 Å². The van der Waals surface area contributed by atoms with Crippen LogP contribution in [-0.4, -0.2) is 42.6 Å². The normalized spacial score (nSPS) is 24.4. The molecule has 3 unspecified atom stereocenters. The monoisotopic (exact) mass is 367 g/mol. The lowest BCUT2D eigenvalue weighted by atomic mass is 9.99. The standard InChI is InChI=1S/C19H29N3O2.ClH/c1-3-5-16(20)19(23)21-17-10-11-22(14-8-9-14)18(17)13-6-4-7-15(12-13)24-2;/h4,6-7,12,14,16-18H,3,5,8-11,20H2,1-2H3,(H,21,23);1H. The highest BCUT2D eigenvalue weighted by Gasteiger charge is 2.43. The lowest BCUT2D eigenvalue weighted by molar-refractivity contribution is -0.123. The maximum Gasteiger partial charge on any atom is 0.237 e. The Morgan fingerprint density at radius 2 is 2.16 bits per heavy atom. The number of nitrogens with one attached hydrogen (secondary N) is 1. The van der Waals surface area contributed by atoms with Gasteiger partial charge in [0.25, 0.3) is 0 Å². The highest BCUT2D eigenvalue weighted by atomic mass is 35.5. The van der Waals surface area contributed by atoms with E-state index in [0.717, 1.165) is 31.6 Å². The highest BCUT2D eigenvalue weighted by Crippen LogP contribution is 2.41. The first-order valence-electron chi connectivity index (χ1n) is 9.09. The van der Waals surface area contributed by atoms with Crippen LogP contribution in [0, 0.1) is 0 Å². The fourth-order valence-corrected chi connectivity index (χ4v) is 3.76. The van der Waals surface area contributed by atoms with Crippen LogP contribution in [0.5, 0.6) is 5.75 Å². The van der Waals surface area contributed by atoms with Crippen LogP contribution >= 0.6 is 12.4 Å².